The Morgan fingerprint density at radius 2 is 1.87 bits per heavy atom. The molecule has 0 radical (unpaired) electrons. The molecule has 160 valence electrons. The van der Waals surface area contributed by atoms with Crippen LogP contribution in [0.5, 0.6) is 0 Å². The lowest BCUT2D eigenvalue weighted by molar-refractivity contribution is -0.149. The number of benzene rings is 1. The van der Waals surface area contributed by atoms with Crippen molar-refractivity contribution < 1.29 is 19.1 Å². The summed E-state index contributed by atoms with van der Waals surface area (Å²) in [5.41, 5.74) is 4.96. The molecule has 0 bridgehead atoms. The predicted molar refractivity (Wildman–Crippen MR) is 115 cm³/mol. The van der Waals surface area contributed by atoms with Gasteiger partial charge >= 0.3 is 11.9 Å². The first-order valence-corrected chi connectivity index (χ1v) is 10.6. The maximum atomic E-state index is 12.2. The van der Waals surface area contributed by atoms with Gasteiger partial charge in [-0.15, -0.1) is 0 Å². The number of nitrogens with one attached hydrogen (secondary N) is 1. The lowest BCUT2D eigenvalue weighted by Gasteiger charge is -2.42. The van der Waals surface area contributed by atoms with E-state index in [1.54, 1.807) is 13.8 Å². The molecule has 7 heteroatoms. The molecule has 2 atom stereocenters. The standard InChI is InChI=1S/C23H29N3O4/c1-4-29-21(27)13-26(14-22(28)30-5-2)16-10-18-17-7-6-8-19-23(17)15(11-24-19)9-20(18)25(3)12-16/h6-8,10-11,16,20,24H,4-5,9,12-14H2,1-3H3/t16-,20-/m1/s1. The van der Waals surface area contributed by atoms with Gasteiger partial charge < -0.3 is 14.5 Å². The van der Waals surface area contributed by atoms with E-state index < -0.39 is 0 Å². The Morgan fingerprint density at radius 3 is 2.53 bits per heavy atom. The highest BCUT2D eigenvalue weighted by Gasteiger charge is 2.36. The Bertz CT molecular complexity index is 960. The Balaban J connectivity index is 1.69. The van der Waals surface area contributed by atoms with Crippen molar-refractivity contribution in [3.63, 3.8) is 0 Å². The van der Waals surface area contributed by atoms with E-state index in [1.807, 2.05) is 4.90 Å². The molecule has 2 heterocycles. The molecule has 30 heavy (non-hydrogen) atoms. The summed E-state index contributed by atoms with van der Waals surface area (Å²) in [6, 6.07) is 6.52. The minimum absolute atomic E-state index is 0.0548. The van der Waals surface area contributed by atoms with Crippen molar-refractivity contribution in [3.8, 4) is 0 Å². The van der Waals surface area contributed by atoms with Crippen LogP contribution in [0.25, 0.3) is 16.5 Å². The fourth-order valence-corrected chi connectivity index (χ4v) is 4.69. The number of likely N-dealkylation sites (N-methyl/N-ethyl adjacent to an activating group) is 1. The Morgan fingerprint density at radius 1 is 1.17 bits per heavy atom. The van der Waals surface area contributed by atoms with Gasteiger partial charge in [-0.05, 0) is 50.1 Å². The summed E-state index contributed by atoms with van der Waals surface area (Å²) < 4.78 is 10.3. The first kappa shape index (κ1) is 20.6. The van der Waals surface area contributed by atoms with Gasteiger partial charge in [0.25, 0.3) is 0 Å². The van der Waals surface area contributed by atoms with Crippen molar-refractivity contribution in [3.05, 3.63) is 41.6 Å². The summed E-state index contributed by atoms with van der Waals surface area (Å²) in [5, 5.41) is 1.27. The SMILES string of the molecule is CCOC(=O)CN(CC(=O)OCC)[C@@H]1C=C2c3cccc4[nH]cc(c34)C[C@H]2N(C)C1. The second-order valence-corrected chi connectivity index (χ2v) is 7.91. The minimum Gasteiger partial charge on any atom is -0.465 e. The van der Waals surface area contributed by atoms with Gasteiger partial charge in [-0.25, -0.2) is 0 Å². The summed E-state index contributed by atoms with van der Waals surface area (Å²) >= 11 is 0. The number of fused-ring (bicyclic) bond motifs is 2. The van der Waals surface area contributed by atoms with Crippen molar-refractivity contribution in [2.75, 3.05) is 39.9 Å². The van der Waals surface area contributed by atoms with Gasteiger partial charge in [-0.3, -0.25) is 19.4 Å². The number of nitrogens with zero attached hydrogens (tertiary/aromatic N) is 2. The van der Waals surface area contributed by atoms with Crippen LogP contribution in [-0.2, 0) is 25.5 Å². The molecule has 0 spiro atoms. The van der Waals surface area contributed by atoms with Crippen molar-refractivity contribution in [2.45, 2.75) is 32.4 Å². The highest BCUT2D eigenvalue weighted by atomic mass is 16.5. The Kier molecular flexibility index (Phi) is 5.92. The van der Waals surface area contributed by atoms with Gasteiger partial charge in [0.2, 0.25) is 0 Å². The third-order valence-corrected chi connectivity index (χ3v) is 5.99. The molecule has 7 nitrogen and oxygen atoms in total. The van der Waals surface area contributed by atoms with E-state index in [0.29, 0.717) is 13.2 Å². The lowest BCUT2D eigenvalue weighted by atomic mass is 9.81. The van der Waals surface area contributed by atoms with Crippen LogP contribution in [0.2, 0.25) is 0 Å². The van der Waals surface area contributed by atoms with Crippen molar-refractivity contribution in [2.24, 2.45) is 0 Å². The third kappa shape index (κ3) is 3.87. The van der Waals surface area contributed by atoms with Crippen LogP contribution in [0.15, 0.2) is 30.5 Å². The molecule has 0 saturated carbocycles. The first-order chi connectivity index (χ1) is 14.5. The van der Waals surface area contributed by atoms with Crippen LogP contribution < -0.4 is 0 Å². The van der Waals surface area contributed by atoms with Crippen LogP contribution in [0.1, 0.15) is 25.0 Å². The zero-order chi connectivity index (χ0) is 21.3. The molecule has 0 unspecified atom stereocenters. The second-order valence-electron chi connectivity index (χ2n) is 7.91. The van der Waals surface area contributed by atoms with E-state index in [2.05, 4.69) is 47.4 Å². The van der Waals surface area contributed by atoms with E-state index >= 15 is 0 Å². The summed E-state index contributed by atoms with van der Waals surface area (Å²) in [5.74, 6) is -0.660. The quantitative estimate of drug-likeness (QED) is 0.705. The van der Waals surface area contributed by atoms with E-state index in [-0.39, 0.29) is 37.1 Å². The maximum Gasteiger partial charge on any atom is 0.320 e. The number of ether oxygens (including phenoxy) is 2. The smallest absolute Gasteiger partial charge is 0.320 e. The molecule has 1 aliphatic heterocycles. The minimum atomic E-state index is -0.330. The summed E-state index contributed by atoms with van der Waals surface area (Å²) in [4.78, 5) is 32.0. The fourth-order valence-electron chi connectivity index (χ4n) is 4.69. The number of hydrogen-bond acceptors (Lipinski definition) is 6. The summed E-state index contributed by atoms with van der Waals surface area (Å²) in [6.45, 7) is 5.04. The average Bonchev–Trinajstić information content (AvgIpc) is 3.13. The lowest BCUT2D eigenvalue weighted by Crippen LogP contribution is -2.52. The number of hydrogen-bond donors (Lipinski definition) is 1. The third-order valence-electron chi connectivity index (χ3n) is 5.99. The molecule has 4 rings (SSSR count). The molecule has 0 saturated heterocycles. The second kappa shape index (κ2) is 8.62. The zero-order valence-corrected chi connectivity index (χ0v) is 17.8. The number of carbonyl (C=O) groups is 2. The largest absolute Gasteiger partial charge is 0.465 e. The molecular formula is C23H29N3O4. The van der Waals surface area contributed by atoms with E-state index in [0.717, 1.165) is 18.5 Å². The molecular weight excluding hydrogens is 382 g/mol. The number of H-pyrrole nitrogens is 1. The number of aromatic amines is 1. The molecule has 1 aliphatic carbocycles. The number of rotatable bonds is 7. The van der Waals surface area contributed by atoms with Gasteiger partial charge in [-0.1, -0.05) is 18.2 Å². The van der Waals surface area contributed by atoms with Crippen LogP contribution in [-0.4, -0.2) is 78.7 Å². The normalized spacial score (nSPS) is 20.7. The molecule has 1 N–H and O–H groups in total. The van der Waals surface area contributed by atoms with Crippen LogP contribution in [0.4, 0.5) is 0 Å². The van der Waals surface area contributed by atoms with Crippen LogP contribution in [0, 0.1) is 0 Å². The van der Waals surface area contributed by atoms with Crippen molar-refractivity contribution in [1.82, 2.24) is 14.8 Å². The molecule has 2 aromatic rings. The summed E-state index contributed by atoms with van der Waals surface area (Å²) in [7, 11) is 2.11. The van der Waals surface area contributed by atoms with E-state index in [9.17, 15) is 9.59 Å². The zero-order valence-electron chi connectivity index (χ0n) is 17.8. The monoisotopic (exact) mass is 411 g/mol. The average molecular weight is 412 g/mol. The fraction of sp³-hybridized carbons (Fsp3) is 0.478. The highest BCUT2D eigenvalue weighted by Crippen LogP contribution is 2.40. The summed E-state index contributed by atoms with van der Waals surface area (Å²) in [6.07, 6.45) is 5.29. The highest BCUT2D eigenvalue weighted by molar-refractivity contribution is 5.98. The van der Waals surface area contributed by atoms with Gasteiger partial charge in [0, 0.05) is 35.7 Å². The predicted octanol–water partition coefficient (Wildman–Crippen LogP) is 2.22. The van der Waals surface area contributed by atoms with Gasteiger partial charge in [0.05, 0.1) is 26.3 Å². The topological polar surface area (TPSA) is 74.9 Å². The van der Waals surface area contributed by atoms with E-state index in [4.69, 9.17) is 9.47 Å². The Labute approximate surface area is 176 Å². The molecule has 1 aromatic carbocycles. The molecule has 0 fully saturated rings. The van der Waals surface area contributed by atoms with E-state index in [1.165, 1.54) is 22.1 Å². The van der Waals surface area contributed by atoms with Crippen LogP contribution in [0.3, 0.4) is 0 Å². The number of aromatic nitrogens is 1. The Hall–Kier alpha value is -2.64. The first-order valence-electron chi connectivity index (χ1n) is 10.6. The van der Waals surface area contributed by atoms with Crippen LogP contribution >= 0.6 is 0 Å². The van der Waals surface area contributed by atoms with Crippen molar-refractivity contribution >= 4 is 28.4 Å². The molecule has 2 aliphatic rings. The number of carbonyl (C=O) groups excluding carboxylic acids is 2. The van der Waals surface area contributed by atoms with Gasteiger partial charge in [0.15, 0.2) is 0 Å². The molecule has 0 amide bonds. The maximum absolute atomic E-state index is 12.2. The van der Waals surface area contributed by atoms with Crippen molar-refractivity contribution in [1.29, 1.82) is 0 Å². The number of esters is 2. The van der Waals surface area contributed by atoms with Gasteiger partial charge in [0.1, 0.15) is 0 Å². The molecule has 1 aromatic heterocycles. The van der Waals surface area contributed by atoms with Gasteiger partial charge in [-0.2, -0.15) is 0 Å².